The van der Waals surface area contributed by atoms with Gasteiger partial charge in [0.2, 0.25) is 5.95 Å². The third-order valence-electron chi connectivity index (χ3n) is 2.93. The van der Waals surface area contributed by atoms with Crippen molar-refractivity contribution < 1.29 is 0 Å². The lowest BCUT2D eigenvalue weighted by Gasteiger charge is -2.15. The quantitative estimate of drug-likeness (QED) is 0.699. The summed E-state index contributed by atoms with van der Waals surface area (Å²) < 4.78 is 0. The summed E-state index contributed by atoms with van der Waals surface area (Å²) in [6.45, 7) is 0. The van der Waals surface area contributed by atoms with Crippen LogP contribution >= 0.6 is 0 Å². The van der Waals surface area contributed by atoms with Crippen LogP contribution in [-0.2, 0) is 12.8 Å². The number of benzene rings is 1. The molecule has 0 radical (unpaired) electrons. The fourth-order valence-corrected chi connectivity index (χ4v) is 2.18. The molecule has 3 rings (SSSR count). The van der Waals surface area contributed by atoms with Crippen LogP contribution in [0.25, 0.3) is 11.0 Å². The molecule has 1 aromatic carbocycles. The molecular formula is C11H12N4. The van der Waals surface area contributed by atoms with Gasteiger partial charge in [-0.2, -0.15) is 0 Å². The molecular weight excluding hydrogens is 188 g/mol. The molecule has 0 unspecified atom stereocenters. The zero-order valence-electron chi connectivity index (χ0n) is 8.40. The fraction of sp³-hybridized carbons (Fsp3) is 0.364. The van der Waals surface area contributed by atoms with E-state index >= 15 is 0 Å². The van der Waals surface area contributed by atoms with Crippen LogP contribution in [0, 0.1) is 0 Å². The molecule has 15 heavy (non-hydrogen) atoms. The van der Waals surface area contributed by atoms with Gasteiger partial charge in [0.1, 0.15) is 5.52 Å². The SMILES string of the molecule is Nc1nnc2cc3c(cc2n1)CCCC3. The Morgan fingerprint density at radius 3 is 2.33 bits per heavy atom. The van der Waals surface area contributed by atoms with Crippen molar-refractivity contribution in [1.82, 2.24) is 15.2 Å². The van der Waals surface area contributed by atoms with E-state index in [0.29, 0.717) is 0 Å². The highest BCUT2D eigenvalue weighted by atomic mass is 15.2. The Morgan fingerprint density at radius 1 is 0.933 bits per heavy atom. The largest absolute Gasteiger partial charge is 0.366 e. The van der Waals surface area contributed by atoms with E-state index in [1.807, 2.05) is 0 Å². The molecule has 2 N–H and O–H groups in total. The second-order valence-electron chi connectivity index (χ2n) is 3.99. The first-order valence-electron chi connectivity index (χ1n) is 5.24. The monoisotopic (exact) mass is 200 g/mol. The standard InChI is InChI=1S/C11H12N4/c12-11-13-9-5-7-3-1-2-4-8(7)6-10(9)14-15-11/h5-6H,1-4H2,(H2,12,13,15). The molecule has 0 saturated carbocycles. The topological polar surface area (TPSA) is 64.7 Å². The zero-order valence-corrected chi connectivity index (χ0v) is 8.40. The number of hydrogen-bond donors (Lipinski definition) is 1. The molecule has 0 amide bonds. The number of aryl methyl sites for hydroxylation is 2. The molecule has 1 aliphatic carbocycles. The van der Waals surface area contributed by atoms with Crippen LogP contribution in [-0.4, -0.2) is 15.2 Å². The molecule has 2 aromatic rings. The predicted octanol–water partition coefficient (Wildman–Crippen LogP) is 1.49. The van der Waals surface area contributed by atoms with Gasteiger partial charge < -0.3 is 5.73 Å². The number of anilines is 1. The first-order valence-corrected chi connectivity index (χ1v) is 5.24. The van der Waals surface area contributed by atoms with Gasteiger partial charge in [-0.05, 0) is 48.9 Å². The van der Waals surface area contributed by atoms with Crippen LogP contribution in [0.15, 0.2) is 12.1 Å². The summed E-state index contributed by atoms with van der Waals surface area (Å²) in [6, 6.07) is 4.21. The molecule has 4 nitrogen and oxygen atoms in total. The van der Waals surface area contributed by atoms with E-state index in [0.717, 1.165) is 23.9 Å². The van der Waals surface area contributed by atoms with Crippen molar-refractivity contribution in [2.75, 3.05) is 5.73 Å². The molecule has 1 aliphatic rings. The second kappa shape index (κ2) is 3.15. The third-order valence-corrected chi connectivity index (χ3v) is 2.93. The van der Waals surface area contributed by atoms with Gasteiger partial charge in [-0.1, -0.05) is 0 Å². The first-order chi connectivity index (χ1) is 7.33. The average molecular weight is 200 g/mol. The minimum Gasteiger partial charge on any atom is -0.366 e. The van der Waals surface area contributed by atoms with Gasteiger partial charge >= 0.3 is 0 Å². The third kappa shape index (κ3) is 1.42. The molecule has 0 atom stereocenters. The Labute approximate surface area is 87.5 Å². The van der Waals surface area contributed by atoms with E-state index in [-0.39, 0.29) is 5.95 Å². The lowest BCUT2D eigenvalue weighted by molar-refractivity contribution is 0.686. The minimum absolute atomic E-state index is 0.248. The van der Waals surface area contributed by atoms with Gasteiger partial charge in [-0.3, -0.25) is 0 Å². The molecule has 0 bridgehead atoms. The maximum Gasteiger partial charge on any atom is 0.240 e. The lowest BCUT2D eigenvalue weighted by atomic mass is 9.91. The lowest BCUT2D eigenvalue weighted by Crippen LogP contribution is -2.04. The average Bonchev–Trinajstić information content (AvgIpc) is 2.26. The summed E-state index contributed by atoms with van der Waals surface area (Å²) in [7, 11) is 0. The number of nitrogen functional groups attached to an aromatic ring is 1. The van der Waals surface area contributed by atoms with Crippen LogP contribution < -0.4 is 5.73 Å². The van der Waals surface area contributed by atoms with Gasteiger partial charge in [0, 0.05) is 0 Å². The summed E-state index contributed by atoms with van der Waals surface area (Å²) in [6.07, 6.45) is 4.84. The summed E-state index contributed by atoms with van der Waals surface area (Å²) in [5.41, 5.74) is 10.0. The molecule has 0 aliphatic heterocycles. The van der Waals surface area contributed by atoms with Crippen molar-refractivity contribution >= 4 is 17.0 Å². The van der Waals surface area contributed by atoms with Crippen LogP contribution in [0.4, 0.5) is 5.95 Å². The minimum atomic E-state index is 0.248. The molecule has 1 aromatic heterocycles. The van der Waals surface area contributed by atoms with E-state index in [1.165, 1.54) is 24.0 Å². The summed E-state index contributed by atoms with van der Waals surface area (Å²) in [5.74, 6) is 0.248. The van der Waals surface area contributed by atoms with E-state index in [2.05, 4.69) is 27.3 Å². The highest BCUT2D eigenvalue weighted by Crippen LogP contribution is 2.24. The van der Waals surface area contributed by atoms with Crippen molar-refractivity contribution in [2.45, 2.75) is 25.7 Å². The van der Waals surface area contributed by atoms with Crippen molar-refractivity contribution in [3.63, 3.8) is 0 Å². The number of aromatic nitrogens is 3. The maximum absolute atomic E-state index is 5.52. The van der Waals surface area contributed by atoms with E-state index in [1.54, 1.807) is 0 Å². The summed E-state index contributed by atoms with van der Waals surface area (Å²) in [4.78, 5) is 4.19. The molecule has 76 valence electrons. The van der Waals surface area contributed by atoms with E-state index < -0.39 is 0 Å². The number of fused-ring (bicyclic) bond motifs is 2. The van der Waals surface area contributed by atoms with Gasteiger partial charge in [-0.15, -0.1) is 10.2 Å². The van der Waals surface area contributed by atoms with Gasteiger partial charge in [-0.25, -0.2) is 4.98 Å². The number of nitrogens with zero attached hydrogens (tertiary/aromatic N) is 3. The van der Waals surface area contributed by atoms with Gasteiger partial charge in [0.05, 0.1) is 5.52 Å². The van der Waals surface area contributed by atoms with Gasteiger partial charge in [0.25, 0.3) is 0 Å². The van der Waals surface area contributed by atoms with Crippen molar-refractivity contribution in [3.8, 4) is 0 Å². The Kier molecular flexibility index (Phi) is 1.80. The first kappa shape index (κ1) is 8.59. The predicted molar refractivity (Wildman–Crippen MR) is 58.4 cm³/mol. The van der Waals surface area contributed by atoms with Gasteiger partial charge in [0.15, 0.2) is 0 Å². The molecule has 0 saturated heterocycles. The Hall–Kier alpha value is -1.71. The zero-order chi connectivity index (χ0) is 10.3. The number of rotatable bonds is 0. The van der Waals surface area contributed by atoms with Crippen LogP contribution in [0.1, 0.15) is 24.0 Å². The van der Waals surface area contributed by atoms with E-state index in [4.69, 9.17) is 5.73 Å². The second-order valence-corrected chi connectivity index (χ2v) is 3.99. The van der Waals surface area contributed by atoms with E-state index in [9.17, 15) is 0 Å². The van der Waals surface area contributed by atoms with Crippen LogP contribution in [0.3, 0.4) is 0 Å². The highest BCUT2D eigenvalue weighted by Gasteiger charge is 2.11. The van der Waals surface area contributed by atoms with Crippen molar-refractivity contribution in [2.24, 2.45) is 0 Å². The normalized spacial score (nSPS) is 15.2. The highest BCUT2D eigenvalue weighted by molar-refractivity contribution is 5.76. The molecule has 0 fully saturated rings. The Morgan fingerprint density at radius 2 is 1.60 bits per heavy atom. The Bertz CT molecular complexity index is 521. The summed E-state index contributed by atoms with van der Waals surface area (Å²) >= 11 is 0. The molecule has 0 spiro atoms. The summed E-state index contributed by atoms with van der Waals surface area (Å²) in [5, 5.41) is 7.82. The molecule has 1 heterocycles. The van der Waals surface area contributed by atoms with Crippen LogP contribution in [0.5, 0.6) is 0 Å². The number of nitrogens with two attached hydrogens (primary N) is 1. The Balaban J connectivity index is 2.26. The number of hydrogen-bond acceptors (Lipinski definition) is 4. The molecule has 4 heteroatoms. The van der Waals surface area contributed by atoms with Crippen LogP contribution in [0.2, 0.25) is 0 Å². The maximum atomic E-state index is 5.52. The fourth-order valence-electron chi connectivity index (χ4n) is 2.18. The smallest absolute Gasteiger partial charge is 0.240 e. The van der Waals surface area contributed by atoms with Crippen molar-refractivity contribution in [1.29, 1.82) is 0 Å². The van der Waals surface area contributed by atoms with Crippen molar-refractivity contribution in [3.05, 3.63) is 23.3 Å².